The van der Waals surface area contributed by atoms with Crippen LogP contribution in [0.2, 0.25) is 0 Å². The van der Waals surface area contributed by atoms with E-state index in [1.54, 1.807) is 4.90 Å². The largest absolute Gasteiger partial charge is 0.457 e. The molecule has 17 nitrogen and oxygen atoms in total. The number of hydrogen-bond donors (Lipinski definition) is 2. The Morgan fingerprint density at radius 3 is 2.28 bits per heavy atom. The lowest BCUT2D eigenvalue weighted by Gasteiger charge is -2.40. The summed E-state index contributed by atoms with van der Waals surface area (Å²) in [7, 11) is 0. The Bertz CT molecular complexity index is 2530. The third kappa shape index (κ3) is 8.44. The van der Waals surface area contributed by atoms with Gasteiger partial charge in [-0.3, -0.25) is 29.5 Å². The molecule has 0 bridgehead atoms. The molecule has 2 atom stereocenters. The van der Waals surface area contributed by atoms with Gasteiger partial charge >= 0.3 is 6.03 Å². The monoisotopic (exact) mass is 866 g/mol. The molecule has 5 aliphatic heterocycles. The molecule has 0 aliphatic carbocycles. The van der Waals surface area contributed by atoms with Crippen molar-refractivity contribution in [1.29, 1.82) is 0 Å². The zero-order valence-electron chi connectivity index (χ0n) is 36.0. The molecule has 64 heavy (non-hydrogen) atoms. The van der Waals surface area contributed by atoms with E-state index in [2.05, 4.69) is 36.1 Å². The highest BCUT2D eigenvalue weighted by atomic mass is 16.5. The number of rotatable bonds is 10. The molecule has 10 rings (SSSR count). The number of imide groups is 1. The summed E-state index contributed by atoms with van der Waals surface area (Å²) in [5.41, 5.74) is 11.4. The highest BCUT2D eigenvalue weighted by molar-refractivity contribution is 6.05. The van der Waals surface area contributed by atoms with Crippen LogP contribution in [0.5, 0.6) is 11.5 Å². The Hall–Kier alpha value is -6.59. The van der Waals surface area contributed by atoms with Crippen LogP contribution in [0.15, 0.2) is 79.1 Å². The van der Waals surface area contributed by atoms with Crippen molar-refractivity contribution in [2.75, 3.05) is 89.2 Å². The number of likely N-dealkylation sites (tertiary alicyclic amines) is 1. The van der Waals surface area contributed by atoms with E-state index < -0.39 is 6.04 Å². The van der Waals surface area contributed by atoms with Gasteiger partial charge in [0.05, 0.1) is 11.4 Å². The number of aromatic nitrogens is 4. The summed E-state index contributed by atoms with van der Waals surface area (Å²) >= 11 is 0. The van der Waals surface area contributed by atoms with E-state index in [1.807, 2.05) is 81.2 Å². The number of carbonyl (C=O) groups is 4. The number of carbonyl (C=O) groups excluding carboxylic acids is 4. The van der Waals surface area contributed by atoms with Crippen LogP contribution in [0.25, 0.3) is 22.3 Å². The molecule has 0 spiro atoms. The van der Waals surface area contributed by atoms with E-state index >= 15 is 0 Å². The molecule has 2 aromatic heterocycles. The normalized spacial score (nSPS) is 21.1. The summed E-state index contributed by atoms with van der Waals surface area (Å²) < 4.78 is 7.96. The molecule has 4 saturated heterocycles. The topological polar surface area (TPSA) is 179 Å². The van der Waals surface area contributed by atoms with Crippen molar-refractivity contribution in [3.05, 3.63) is 90.3 Å². The first kappa shape index (κ1) is 41.4. The van der Waals surface area contributed by atoms with Gasteiger partial charge in [-0.15, -0.1) is 0 Å². The fraction of sp³-hybridized carbons (Fsp3) is 0.426. The average molecular weight is 867 g/mol. The smallest absolute Gasteiger partial charge is 0.320 e. The number of nitrogens with zero attached hydrogens (tertiary/aromatic N) is 10. The van der Waals surface area contributed by atoms with Crippen LogP contribution >= 0.6 is 0 Å². The minimum absolute atomic E-state index is 0.0519. The molecule has 5 aliphatic rings. The number of nitrogen functional groups attached to an aromatic ring is 1. The third-order valence-electron chi connectivity index (χ3n) is 13.5. The maximum Gasteiger partial charge on any atom is 0.320 e. The lowest BCUT2D eigenvalue weighted by Crippen LogP contribution is -2.54. The number of piperazine rings is 2. The minimum Gasteiger partial charge on any atom is -0.457 e. The van der Waals surface area contributed by atoms with Crippen molar-refractivity contribution in [3.63, 3.8) is 0 Å². The van der Waals surface area contributed by atoms with Gasteiger partial charge in [0.1, 0.15) is 35.4 Å². The Balaban J connectivity index is 0.682. The van der Waals surface area contributed by atoms with E-state index in [4.69, 9.17) is 15.6 Å². The molecule has 5 aromatic rings. The van der Waals surface area contributed by atoms with Crippen LogP contribution in [-0.4, -0.2) is 153 Å². The van der Waals surface area contributed by atoms with Crippen molar-refractivity contribution in [2.24, 2.45) is 0 Å². The van der Waals surface area contributed by atoms with Gasteiger partial charge in [-0.05, 0) is 98.9 Å². The van der Waals surface area contributed by atoms with E-state index in [0.29, 0.717) is 67.3 Å². The highest BCUT2D eigenvalue weighted by Crippen LogP contribution is 2.36. The van der Waals surface area contributed by atoms with Crippen LogP contribution in [-0.2, 0) is 16.1 Å². The zero-order chi connectivity index (χ0) is 43.7. The Labute approximate surface area is 371 Å². The number of hydrogen-bond acceptors (Lipinski definition) is 12. The molecule has 3 N–H and O–H groups in total. The summed E-state index contributed by atoms with van der Waals surface area (Å²) in [6.07, 6.45) is 4.90. The molecule has 5 amide bonds. The molecule has 0 radical (unpaired) electrons. The maximum absolute atomic E-state index is 14.0. The number of urea groups is 1. The number of nitrogens with two attached hydrogens (primary N) is 1. The van der Waals surface area contributed by atoms with E-state index in [9.17, 15) is 19.2 Å². The Morgan fingerprint density at radius 1 is 0.797 bits per heavy atom. The Morgan fingerprint density at radius 2 is 1.53 bits per heavy atom. The summed E-state index contributed by atoms with van der Waals surface area (Å²) in [5, 5.41) is 8.17. The van der Waals surface area contributed by atoms with Gasteiger partial charge in [-0.2, -0.15) is 5.10 Å². The van der Waals surface area contributed by atoms with Crippen LogP contribution in [0.1, 0.15) is 54.1 Å². The van der Waals surface area contributed by atoms with Gasteiger partial charge in [-0.25, -0.2) is 19.4 Å². The van der Waals surface area contributed by atoms with Gasteiger partial charge in [0.15, 0.2) is 5.65 Å². The van der Waals surface area contributed by atoms with Crippen molar-refractivity contribution in [3.8, 4) is 22.8 Å². The van der Waals surface area contributed by atoms with Crippen LogP contribution in [0.3, 0.4) is 0 Å². The van der Waals surface area contributed by atoms with E-state index in [1.165, 1.54) is 6.33 Å². The second kappa shape index (κ2) is 17.9. The number of ether oxygens (including phenoxy) is 1. The van der Waals surface area contributed by atoms with Gasteiger partial charge in [-0.1, -0.05) is 18.2 Å². The average Bonchev–Trinajstić information content (AvgIpc) is 3.88. The first-order chi connectivity index (χ1) is 31.3. The number of anilines is 2. The highest BCUT2D eigenvalue weighted by Gasteiger charge is 2.39. The third-order valence-corrected chi connectivity index (χ3v) is 13.5. The second-order valence-corrected chi connectivity index (χ2v) is 17.5. The molecular formula is C47H54N12O5. The minimum atomic E-state index is -0.606. The maximum atomic E-state index is 14.0. The lowest BCUT2D eigenvalue weighted by atomic mass is 10.0. The molecular weight excluding hydrogens is 813 g/mol. The summed E-state index contributed by atoms with van der Waals surface area (Å²) in [4.78, 5) is 73.1. The lowest BCUT2D eigenvalue weighted by molar-refractivity contribution is -0.136. The van der Waals surface area contributed by atoms with Crippen molar-refractivity contribution in [2.45, 2.75) is 50.7 Å². The molecule has 332 valence electrons. The summed E-state index contributed by atoms with van der Waals surface area (Å²) in [5.74, 6) is 1.04. The number of nitrogens with one attached hydrogen (secondary N) is 1. The molecule has 3 aromatic carbocycles. The standard InChI is InChI=1S/C47H54N12O5/c48-43-41-42(32-9-12-37(13-10-32)64-36-7-2-1-3-8-36)52-59(44(41)50-31-49-43)35-6-4-19-57(30-35)47(63)56-26-22-54(23-27-56)18-5-17-53-20-24-55(25-21-53)34-11-14-38-33(28-34)29-58(46(38)62)39-15-16-40(60)51-45(39)61/h1-3,7-14,28,31,35,39H,4-6,15-27,29-30H2,(H2,48,49,50)(H,51,60,61)/t35-,39?/m1/s1. The number of amides is 5. The van der Waals surface area contributed by atoms with Crippen molar-refractivity contribution < 1.29 is 23.9 Å². The van der Waals surface area contributed by atoms with Gasteiger partial charge in [0.25, 0.3) is 5.91 Å². The molecule has 17 heteroatoms. The number of fused-ring (bicyclic) bond motifs is 2. The van der Waals surface area contributed by atoms with Gasteiger partial charge < -0.3 is 30.1 Å². The van der Waals surface area contributed by atoms with Gasteiger partial charge in [0.2, 0.25) is 11.8 Å². The van der Waals surface area contributed by atoms with Crippen LogP contribution in [0, 0.1) is 0 Å². The predicted octanol–water partition coefficient (Wildman–Crippen LogP) is 4.22. The van der Waals surface area contributed by atoms with Crippen LogP contribution in [0.4, 0.5) is 16.3 Å². The summed E-state index contributed by atoms with van der Waals surface area (Å²) in [6, 6.07) is 22.9. The molecule has 0 saturated carbocycles. The number of para-hydroxylation sites is 1. The fourth-order valence-corrected chi connectivity index (χ4v) is 9.95. The molecule has 7 heterocycles. The SMILES string of the molecule is Nc1ncnc2c1c(-c1ccc(Oc3ccccc3)cc1)nn2[C@@H]1CCCN(C(=O)N2CCN(CCCN3CCN(c4ccc5c(c4)CN(C4CCC(=O)NC4=O)C5=O)CC3)CC2)C1. The number of piperidine rings is 2. The van der Waals surface area contributed by atoms with E-state index in [-0.39, 0.29) is 36.2 Å². The van der Waals surface area contributed by atoms with Crippen molar-refractivity contribution >= 4 is 46.3 Å². The number of benzene rings is 3. The predicted molar refractivity (Wildman–Crippen MR) is 241 cm³/mol. The molecule has 1 unspecified atom stereocenters. The first-order valence-electron chi connectivity index (χ1n) is 22.6. The quantitative estimate of drug-likeness (QED) is 0.192. The zero-order valence-corrected chi connectivity index (χ0v) is 36.0. The summed E-state index contributed by atoms with van der Waals surface area (Å²) in [6.45, 7) is 10.5. The second-order valence-electron chi connectivity index (χ2n) is 17.5. The van der Waals surface area contributed by atoms with Crippen LogP contribution < -0.4 is 20.7 Å². The Kier molecular flexibility index (Phi) is 11.6. The first-order valence-corrected chi connectivity index (χ1v) is 22.6. The van der Waals surface area contributed by atoms with Crippen molar-refractivity contribution in [1.82, 2.24) is 49.6 Å². The molecule has 4 fully saturated rings. The fourth-order valence-electron chi connectivity index (χ4n) is 9.95. The van der Waals surface area contributed by atoms with E-state index in [0.717, 1.165) is 99.9 Å². The van der Waals surface area contributed by atoms with Gasteiger partial charge in [0, 0.05) is 95.2 Å².